The Balaban J connectivity index is 1.33. The van der Waals surface area contributed by atoms with E-state index in [1.807, 2.05) is 7.05 Å². The van der Waals surface area contributed by atoms with Crippen LogP contribution in [-0.4, -0.2) is 18.8 Å². The van der Waals surface area contributed by atoms with E-state index in [9.17, 15) is 0 Å². The average molecular weight is 397 g/mol. The smallest absolute Gasteiger partial charge is 0.197 e. The molecular formula is C26H28N4+2. The molecule has 0 saturated carbocycles. The normalized spacial score (nSPS) is 15.1. The number of nitrogens with two attached hydrogens (primary N) is 1. The van der Waals surface area contributed by atoms with E-state index < -0.39 is 0 Å². The van der Waals surface area contributed by atoms with Crippen LogP contribution in [0.15, 0.2) is 97.1 Å². The highest BCUT2D eigenvalue weighted by atomic mass is 14.9. The van der Waals surface area contributed by atoms with Crippen molar-refractivity contribution in [2.45, 2.75) is 13.0 Å². The molecule has 0 fully saturated rings. The Morgan fingerprint density at radius 2 is 1.10 bits per heavy atom. The molecule has 150 valence electrons. The summed E-state index contributed by atoms with van der Waals surface area (Å²) in [5, 5.41) is 9.15. The molecular weight excluding hydrogens is 368 g/mol. The SMILES string of the molecule is C[NH+]=C1C=CC([NH2+]c2ccc(Nc3ccc(Nc4ccc(C)cc4)cc3)cc2)C=C1. The van der Waals surface area contributed by atoms with Gasteiger partial charge in [-0.05, 0) is 67.6 Å². The van der Waals surface area contributed by atoms with Crippen molar-refractivity contribution >= 4 is 34.1 Å². The van der Waals surface area contributed by atoms with Gasteiger partial charge in [-0.3, -0.25) is 0 Å². The Hall–Kier alpha value is -3.63. The number of allylic oxidation sites excluding steroid dienone is 2. The molecule has 0 heterocycles. The van der Waals surface area contributed by atoms with Gasteiger partial charge in [0.15, 0.2) is 5.71 Å². The first-order valence-corrected chi connectivity index (χ1v) is 10.2. The summed E-state index contributed by atoms with van der Waals surface area (Å²) in [5.41, 5.74) is 7.92. The van der Waals surface area contributed by atoms with Gasteiger partial charge in [-0.15, -0.1) is 0 Å². The molecule has 0 saturated heterocycles. The van der Waals surface area contributed by atoms with Crippen LogP contribution < -0.4 is 20.9 Å². The van der Waals surface area contributed by atoms with Crippen LogP contribution in [-0.2, 0) is 0 Å². The quantitative estimate of drug-likeness (QED) is 0.483. The summed E-state index contributed by atoms with van der Waals surface area (Å²) in [4.78, 5) is 3.15. The molecule has 3 aromatic rings. The minimum absolute atomic E-state index is 0.328. The van der Waals surface area contributed by atoms with E-state index in [1.54, 1.807) is 0 Å². The van der Waals surface area contributed by atoms with Crippen LogP contribution in [0.3, 0.4) is 0 Å². The van der Waals surface area contributed by atoms with Crippen LogP contribution in [0.5, 0.6) is 0 Å². The highest BCUT2D eigenvalue weighted by Gasteiger charge is 2.11. The minimum Gasteiger partial charge on any atom is -0.356 e. The fourth-order valence-corrected chi connectivity index (χ4v) is 3.33. The fraction of sp³-hybridized carbons (Fsp3) is 0.115. The number of hydrogen-bond acceptors (Lipinski definition) is 2. The highest BCUT2D eigenvalue weighted by molar-refractivity contribution is 6.00. The van der Waals surface area contributed by atoms with Crippen molar-refractivity contribution in [1.82, 2.24) is 0 Å². The molecule has 5 N–H and O–H groups in total. The van der Waals surface area contributed by atoms with E-state index in [1.165, 1.54) is 11.3 Å². The molecule has 4 heteroatoms. The number of benzene rings is 3. The van der Waals surface area contributed by atoms with Gasteiger partial charge in [-0.2, -0.15) is 0 Å². The van der Waals surface area contributed by atoms with E-state index in [-0.39, 0.29) is 0 Å². The maximum atomic E-state index is 3.47. The zero-order valence-electron chi connectivity index (χ0n) is 17.4. The third-order valence-electron chi connectivity index (χ3n) is 5.09. The molecule has 0 radical (unpaired) electrons. The molecule has 30 heavy (non-hydrogen) atoms. The topological polar surface area (TPSA) is 54.6 Å². The predicted molar refractivity (Wildman–Crippen MR) is 126 cm³/mol. The molecule has 0 bridgehead atoms. The van der Waals surface area contributed by atoms with Crippen molar-refractivity contribution in [3.8, 4) is 0 Å². The molecule has 0 amide bonds. The van der Waals surface area contributed by atoms with Crippen molar-refractivity contribution in [2.75, 3.05) is 17.7 Å². The predicted octanol–water partition coefficient (Wildman–Crippen LogP) is 3.32. The Morgan fingerprint density at radius 3 is 1.57 bits per heavy atom. The summed E-state index contributed by atoms with van der Waals surface area (Å²) in [6.45, 7) is 2.09. The fourth-order valence-electron chi connectivity index (χ4n) is 3.33. The zero-order chi connectivity index (χ0) is 20.8. The molecule has 1 aliphatic rings. The number of rotatable bonds is 6. The van der Waals surface area contributed by atoms with Gasteiger partial charge in [0, 0.05) is 47.0 Å². The lowest BCUT2D eigenvalue weighted by atomic mass is 10.1. The second-order valence-corrected chi connectivity index (χ2v) is 7.48. The summed E-state index contributed by atoms with van der Waals surface area (Å²) in [7, 11) is 1.94. The summed E-state index contributed by atoms with van der Waals surface area (Å²) in [5.74, 6) is 0. The van der Waals surface area contributed by atoms with Gasteiger partial charge in [-0.1, -0.05) is 17.7 Å². The standard InChI is InChI=1S/C26H26N4/c1-19-3-5-21(6-4-19)28-23-11-13-25(14-12-23)30-26-17-15-24(16-18-26)29-22-9-7-20(27-2)8-10-22/h3-18,22,28-30H,1-2H3/p+2. The van der Waals surface area contributed by atoms with Crippen molar-refractivity contribution in [1.29, 1.82) is 0 Å². The number of quaternary nitrogens is 1. The number of nitrogens with one attached hydrogen (secondary N) is 3. The van der Waals surface area contributed by atoms with Gasteiger partial charge in [0.2, 0.25) is 0 Å². The van der Waals surface area contributed by atoms with Crippen LogP contribution in [0.25, 0.3) is 0 Å². The van der Waals surface area contributed by atoms with Crippen LogP contribution in [0.4, 0.5) is 28.4 Å². The molecule has 3 aromatic carbocycles. The molecule has 0 atom stereocenters. The lowest BCUT2D eigenvalue weighted by Crippen LogP contribution is -2.83. The van der Waals surface area contributed by atoms with Crippen molar-refractivity contribution in [3.05, 3.63) is 103 Å². The molecule has 4 rings (SSSR count). The summed E-state index contributed by atoms with van der Waals surface area (Å²) < 4.78 is 0. The van der Waals surface area contributed by atoms with E-state index in [4.69, 9.17) is 0 Å². The van der Waals surface area contributed by atoms with Gasteiger partial charge < -0.3 is 16.0 Å². The Morgan fingerprint density at radius 1 is 0.667 bits per heavy atom. The van der Waals surface area contributed by atoms with E-state index in [0.717, 1.165) is 28.5 Å². The van der Waals surface area contributed by atoms with Crippen LogP contribution in [0.1, 0.15) is 5.56 Å². The van der Waals surface area contributed by atoms with Gasteiger partial charge in [0.05, 0.1) is 0 Å². The van der Waals surface area contributed by atoms with E-state index in [2.05, 4.69) is 125 Å². The summed E-state index contributed by atoms with van der Waals surface area (Å²) >= 11 is 0. The second-order valence-electron chi connectivity index (χ2n) is 7.48. The zero-order valence-corrected chi connectivity index (χ0v) is 17.4. The molecule has 0 aliphatic heterocycles. The van der Waals surface area contributed by atoms with E-state index in [0.29, 0.717) is 6.04 Å². The Labute approximate surface area is 178 Å². The maximum absolute atomic E-state index is 3.47. The first-order valence-electron chi connectivity index (χ1n) is 10.2. The number of aryl methyl sites for hydroxylation is 1. The lowest BCUT2D eigenvalue weighted by Gasteiger charge is -2.11. The van der Waals surface area contributed by atoms with Crippen LogP contribution >= 0.6 is 0 Å². The van der Waals surface area contributed by atoms with Crippen LogP contribution in [0, 0.1) is 6.92 Å². The average Bonchev–Trinajstić information content (AvgIpc) is 2.78. The third kappa shape index (κ3) is 5.25. The molecule has 4 nitrogen and oxygen atoms in total. The lowest BCUT2D eigenvalue weighted by molar-refractivity contribution is -0.587. The maximum Gasteiger partial charge on any atom is 0.197 e. The molecule has 1 aliphatic carbocycles. The summed E-state index contributed by atoms with van der Waals surface area (Å²) in [6, 6.07) is 25.6. The number of anilines is 4. The first-order chi connectivity index (χ1) is 14.7. The molecule has 0 spiro atoms. The van der Waals surface area contributed by atoms with Crippen molar-refractivity contribution < 1.29 is 10.3 Å². The largest absolute Gasteiger partial charge is 0.356 e. The van der Waals surface area contributed by atoms with Crippen molar-refractivity contribution in [2.24, 2.45) is 0 Å². The van der Waals surface area contributed by atoms with Gasteiger partial charge >= 0.3 is 0 Å². The number of hydrogen-bond donors (Lipinski definition) is 4. The van der Waals surface area contributed by atoms with Gasteiger partial charge in [0.25, 0.3) is 0 Å². The van der Waals surface area contributed by atoms with E-state index >= 15 is 0 Å². The highest BCUT2D eigenvalue weighted by Crippen LogP contribution is 2.22. The monoisotopic (exact) mass is 396 g/mol. The van der Waals surface area contributed by atoms with Crippen molar-refractivity contribution in [3.63, 3.8) is 0 Å². The molecule has 0 aromatic heterocycles. The first kappa shape index (κ1) is 19.7. The third-order valence-corrected chi connectivity index (χ3v) is 5.09. The molecule has 0 unspecified atom stereocenters. The second kappa shape index (κ2) is 9.25. The Kier molecular flexibility index (Phi) is 6.06. The summed E-state index contributed by atoms with van der Waals surface area (Å²) in [6.07, 6.45) is 8.64. The minimum atomic E-state index is 0.328. The Bertz CT molecular complexity index is 1040. The van der Waals surface area contributed by atoms with Gasteiger partial charge in [-0.25, -0.2) is 4.99 Å². The van der Waals surface area contributed by atoms with Gasteiger partial charge in [0.1, 0.15) is 18.8 Å². The van der Waals surface area contributed by atoms with Crippen LogP contribution in [0.2, 0.25) is 0 Å².